The minimum Gasteiger partial charge on any atom is -0.481 e. The summed E-state index contributed by atoms with van der Waals surface area (Å²) in [6.45, 7) is 12.5. The molecule has 0 rings (SSSR count). The van der Waals surface area contributed by atoms with Crippen molar-refractivity contribution in [2.45, 2.75) is 40.0 Å². The highest BCUT2D eigenvalue weighted by Crippen LogP contribution is 2.16. The molecule has 0 atom stereocenters. The molecule has 1 N–H and O–H groups in total. The van der Waals surface area contributed by atoms with Gasteiger partial charge in [0.05, 0.1) is 13.2 Å². The molecular weight excluding hydrogens is 288 g/mol. The van der Waals surface area contributed by atoms with Gasteiger partial charge in [0.25, 0.3) is 0 Å². The van der Waals surface area contributed by atoms with Crippen LogP contribution in [0.3, 0.4) is 0 Å². The third-order valence-corrected chi connectivity index (χ3v) is 2.29. The van der Waals surface area contributed by atoms with Gasteiger partial charge in [-0.1, -0.05) is 40.3 Å². The highest BCUT2D eigenvalue weighted by atomic mass is 16.5. The summed E-state index contributed by atoms with van der Waals surface area (Å²) in [5.74, 6) is -1.67. The summed E-state index contributed by atoms with van der Waals surface area (Å²) in [4.78, 5) is 31.3. The van der Waals surface area contributed by atoms with E-state index in [0.29, 0.717) is 6.42 Å². The van der Waals surface area contributed by atoms with E-state index in [9.17, 15) is 14.4 Å². The lowest BCUT2D eigenvalue weighted by Crippen LogP contribution is -2.27. The van der Waals surface area contributed by atoms with Gasteiger partial charge < -0.3 is 14.6 Å². The maximum atomic E-state index is 10.8. The number of ether oxygens (including phenoxy) is 2. The van der Waals surface area contributed by atoms with E-state index in [1.165, 1.54) is 0 Å². The van der Waals surface area contributed by atoms with Crippen molar-refractivity contribution in [2.75, 3.05) is 13.2 Å². The summed E-state index contributed by atoms with van der Waals surface area (Å²) in [6, 6.07) is 0. The predicted octanol–water partition coefficient (Wildman–Crippen LogP) is 2.73. The standard InChI is InChI=1S/C11H16O4.C5H10O2/c1-5-9(12)14-7-11(3,4)8-15-10(13)6-2;1-2-3-4-5(6)7/h5-6H,1-2,7-8H2,3-4H3;2-4H2,1H3,(H,6,7). The number of carbonyl (C=O) groups is 3. The second kappa shape index (κ2) is 12.6. The van der Waals surface area contributed by atoms with Crippen LogP contribution in [0.15, 0.2) is 25.3 Å². The fourth-order valence-corrected chi connectivity index (χ4v) is 1.02. The maximum Gasteiger partial charge on any atom is 0.330 e. The molecule has 0 unspecified atom stereocenters. The van der Waals surface area contributed by atoms with Crippen molar-refractivity contribution in [3.8, 4) is 0 Å². The monoisotopic (exact) mass is 314 g/mol. The first-order valence-corrected chi connectivity index (χ1v) is 6.98. The number of carbonyl (C=O) groups excluding carboxylic acids is 2. The summed E-state index contributed by atoms with van der Waals surface area (Å²) < 4.78 is 9.70. The van der Waals surface area contributed by atoms with Gasteiger partial charge in [-0.15, -0.1) is 0 Å². The van der Waals surface area contributed by atoms with Crippen molar-refractivity contribution in [1.82, 2.24) is 0 Å². The van der Waals surface area contributed by atoms with E-state index in [1.54, 1.807) is 0 Å². The number of aliphatic carboxylic acids is 1. The van der Waals surface area contributed by atoms with Gasteiger partial charge in [-0.2, -0.15) is 0 Å². The summed E-state index contributed by atoms with van der Waals surface area (Å²) in [6.07, 6.45) is 4.26. The Morgan fingerprint density at radius 2 is 1.45 bits per heavy atom. The smallest absolute Gasteiger partial charge is 0.330 e. The molecule has 0 fully saturated rings. The third-order valence-electron chi connectivity index (χ3n) is 2.29. The van der Waals surface area contributed by atoms with Crippen LogP contribution in [-0.2, 0) is 23.9 Å². The van der Waals surface area contributed by atoms with Crippen molar-refractivity contribution in [3.63, 3.8) is 0 Å². The quantitative estimate of drug-likeness (QED) is 0.520. The van der Waals surface area contributed by atoms with Crippen LogP contribution in [0.2, 0.25) is 0 Å². The van der Waals surface area contributed by atoms with E-state index in [0.717, 1.165) is 25.0 Å². The molecule has 0 aromatic rings. The largest absolute Gasteiger partial charge is 0.481 e. The fourth-order valence-electron chi connectivity index (χ4n) is 1.02. The van der Waals surface area contributed by atoms with Gasteiger partial charge in [0.2, 0.25) is 0 Å². The second-order valence-corrected chi connectivity index (χ2v) is 5.29. The molecule has 0 bridgehead atoms. The molecule has 126 valence electrons. The van der Waals surface area contributed by atoms with E-state index < -0.39 is 23.3 Å². The maximum absolute atomic E-state index is 10.8. The Hall–Kier alpha value is -2.11. The Morgan fingerprint density at radius 3 is 1.68 bits per heavy atom. The zero-order valence-corrected chi connectivity index (χ0v) is 13.6. The third kappa shape index (κ3) is 15.9. The Kier molecular flexibility index (Phi) is 12.7. The summed E-state index contributed by atoms with van der Waals surface area (Å²) in [5.41, 5.74) is -0.419. The Labute approximate surface area is 131 Å². The Morgan fingerprint density at radius 1 is 1.05 bits per heavy atom. The number of unbranched alkanes of at least 4 members (excludes halogenated alkanes) is 1. The lowest BCUT2D eigenvalue weighted by molar-refractivity contribution is -0.146. The van der Waals surface area contributed by atoms with Crippen LogP contribution >= 0.6 is 0 Å². The van der Waals surface area contributed by atoms with Crippen molar-refractivity contribution in [3.05, 3.63) is 25.3 Å². The number of carboxylic acid groups (broad SMARTS) is 1. The zero-order chi connectivity index (χ0) is 17.6. The molecule has 0 aromatic carbocycles. The Balaban J connectivity index is 0. The molecule has 6 nitrogen and oxygen atoms in total. The van der Waals surface area contributed by atoms with Gasteiger partial charge in [0, 0.05) is 24.0 Å². The first-order chi connectivity index (χ1) is 10.2. The zero-order valence-electron chi connectivity index (χ0n) is 13.6. The van der Waals surface area contributed by atoms with E-state index in [2.05, 4.69) is 13.2 Å². The van der Waals surface area contributed by atoms with Crippen molar-refractivity contribution in [1.29, 1.82) is 0 Å². The lowest BCUT2D eigenvalue weighted by Gasteiger charge is -2.22. The van der Waals surface area contributed by atoms with E-state index in [-0.39, 0.29) is 13.2 Å². The fraction of sp³-hybridized carbons (Fsp3) is 0.562. The van der Waals surface area contributed by atoms with Crippen molar-refractivity contribution >= 4 is 17.9 Å². The molecule has 22 heavy (non-hydrogen) atoms. The van der Waals surface area contributed by atoms with E-state index in [1.807, 2.05) is 20.8 Å². The van der Waals surface area contributed by atoms with Crippen LogP contribution in [0.5, 0.6) is 0 Å². The van der Waals surface area contributed by atoms with Crippen molar-refractivity contribution in [2.24, 2.45) is 5.41 Å². The minimum atomic E-state index is -0.693. The average molecular weight is 314 g/mol. The van der Waals surface area contributed by atoms with Gasteiger partial charge in [-0.05, 0) is 6.42 Å². The lowest BCUT2D eigenvalue weighted by atomic mass is 9.96. The van der Waals surface area contributed by atoms with E-state index >= 15 is 0 Å². The van der Waals surface area contributed by atoms with Gasteiger partial charge in [0.15, 0.2) is 0 Å². The van der Waals surface area contributed by atoms with Crippen LogP contribution in [-0.4, -0.2) is 36.2 Å². The molecule has 0 heterocycles. The highest BCUT2D eigenvalue weighted by Gasteiger charge is 2.21. The number of hydrogen-bond acceptors (Lipinski definition) is 5. The first kappa shape index (κ1) is 22.2. The average Bonchev–Trinajstić information content (AvgIpc) is 2.48. The molecule has 0 aromatic heterocycles. The molecule has 0 saturated carbocycles. The molecule has 0 aliphatic heterocycles. The highest BCUT2D eigenvalue weighted by molar-refractivity contribution is 5.81. The van der Waals surface area contributed by atoms with Crippen LogP contribution in [0.4, 0.5) is 0 Å². The van der Waals surface area contributed by atoms with Crippen LogP contribution in [0, 0.1) is 5.41 Å². The van der Waals surface area contributed by atoms with E-state index in [4.69, 9.17) is 14.6 Å². The summed E-state index contributed by atoms with van der Waals surface area (Å²) in [5, 5.41) is 8.04. The molecule has 0 amide bonds. The number of esters is 2. The normalized spacial score (nSPS) is 9.77. The van der Waals surface area contributed by atoms with Gasteiger partial charge >= 0.3 is 17.9 Å². The SMILES string of the molecule is C=CC(=O)OCC(C)(C)COC(=O)C=C.CCCCC(=O)O. The topological polar surface area (TPSA) is 89.9 Å². The first-order valence-electron chi connectivity index (χ1n) is 6.98. The summed E-state index contributed by atoms with van der Waals surface area (Å²) >= 11 is 0. The molecule has 0 saturated heterocycles. The predicted molar refractivity (Wildman–Crippen MR) is 83.3 cm³/mol. The molecule has 0 aliphatic rings. The van der Waals surface area contributed by atoms with Gasteiger partial charge in [-0.25, -0.2) is 9.59 Å². The van der Waals surface area contributed by atoms with Crippen molar-refractivity contribution < 1.29 is 29.0 Å². The Bertz CT molecular complexity index is 358. The molecule has 0 radical (unpaired) electrons. The molecule has 6 heteroatoms. The molecule has 0 spiro atoms. The number of carboxylic acids is 1. The molecule has 0 aliphatic carbocycles. The van der Waals surface area contributed by atoms with Gasteiger partial charge in [-0.3, -0.25) is 4.79 Å². The van der Waals surface area contributed by atoms with Crippen LogP contribution in [0.1, 0.15) is 40.0 Å². The molecular formula is C16H26O6. The number of hydrogen-bond donors (Lipinski definition) is 1. The summed E-state index contributed by atoms with van der Waals surface area (Å²) in [7, 11) is 0. The number of rotatable bonds is 9. The minimum absolute atomic E-state index is 0.169. The van der Waals surface area contributed by atoms with Gasteiger partial charge in [0.1, 0.15) is 0 Å². The second-order valence-electron chi connectivity index (χ2n) is 5.29. The van der Waals surface area contributed by atoms with Crippen LogP contribution < -0.4 is 0 Å². The van der Waals surface area contributed by atoms with Crippen LogP contribution in [0.25, 0.3) is 0 Å².